The molecule has 0 aliphatic carbocycles. The van der Waals surface area contributed by atoms with Crippen molar-refractivity contribution in [3.63, 3.8) is 0 Å². The zero-order valence-corrected chi connectivity index (χ0v) is 15.2. The molecule has 2 rings (SSSR count). The van der Waals surface area contributed by atoms with E-state index in [1.54, 1.807) is 19.2 Å². The van der Waals surface area contributed by atoms with Gasteiger partial charge in [0, 0.05) is 6.42 Å². The summed E-state index contributed by atoms with van der Waals surface area (Å²) in [4.78, 5) is 12.3. The van der Waals surface area contributed by atoms with Gasteiger partial charge in [-0.15, -0.1) is 10.2 Å². The first-order valence-corrected chi connectivity index (χ1v) is 9.33. The molecule has 0 bridgehead atoms. The third-order valence-corrected chi connectivity index (χ3v) is 4.68. The Hall–Kier alpha value is -1.95. The Balaban J connectivity index is 1.81. The fraction of sp³-hybridized carbons (Fsp3) is 0.500. The number of unbranched alkanes of at least 4 members (excludes halogenated alkanes) is 5. The highest BCUT2D eigenvalue weighted by Gasteiger charge is 2.14. The van der Waals surface area contributed by atoms with Gasteiger partial charge in [-0.2, -0.15) is 0 Å². The highest BCUT2D eigenvalue weighted by atomic mass is 32.1. The van der Waals surface area contributed by atoms with Gasteiger partial charge in [-0.3, -0.25) is 10.1 Å². The van der Waals surface area contributed by atoms with Crippen molar-refractivity contribution in [2.24, 2.45) is 0 Å². The summed E-state index contributed by atoms with van der Waals surface area (Å²) in [6.45, 7) is 2.22. The van der Waals surface area contributed by atoms with E-state index in [1.165, 1.54) is 43.4 Å². The zero-order chi connectivity index (χ0) is 17.2. The van der Waals surface area contributed by atoms with E-state index < -0.39 is 0 Å². The quantitative estimate of drug-likeness (QED) is 0.633. The number of ether oxygens (including phenoxy) is 1. The van der Waals surface area contributed by atoms with Gasteiger partial charge in [0.2, 0.25) is 5.13 Å². The standard InChI is InChI=1S/C18H25N3O2S/c1-3-4-5-6-7-8-13-16-20-21-18(24-16)19-17(22)14-11-9-10-12-15(14)23-2/h9-12H,3-8,13H2,1-2H3,(H,19,21,22). The SMILES string of the molecule is CCCCCCCCc1nnc(NC(=O)c2ccccc2OC)s1. The van der Waals surface area contributed by atoms with E-state index in [-0.39, 0.29) is 5.91 Å². The summed E-state index contributed by atoms with van der Waals surface area (Å²) < 4.78 is 5.21. The minimum atomic E-state index is -0.227. The minimum Gasteiger partial charge on any atom is -0.496 e. The number of carbonyl (C=O) groups is 1. The van der Waals surface area contributed by atoms with Crippen LogP contribution >= 0.6 is 11.3 Å². The van der Waals surface area contributed by atoms with E-state index in [0.717, 1.165) is 17.8 Å². The average Bonchev–Trinajstić information content (AvgIpc) is 3.05. The van der Waals surface area contributed by atoms with E-state index in [9.17, 15) is 4.79 Å². The highest BCUT2D eigenvalue weighted by molar-refractivity contribution is 7.15. The van der Waals surface area contributed by atoms with Gasteiger partial charge in [0.25, 0.3) is 5.91 Å². The van der Waals surface area contributed by atoms with Crippen LogP contribution in [0.15, 0.2) is 24.3 Å². The average molecular weight is 347 g/mol. The van der Waals surface area contributed by atoms with Gasteiger partial charge in [0.1, 0.15) is 10.8 Å². The number of anilines is 1. The zero-order valence-electron chi connectivity index (χ0n) is 14.4. The van der Waals surface area contributed by atoms with Crippen molar-refractivity contribution >= 4 is 22.4 Å². The van der Waals surface area contributed by atoms with Crippen molar-refractivity contribution in [2.45, 2.75) is 51.9 Å². The Labute approximate surface area is 147 Å². The second-order valence-corrected chi connectivity index (χ2v) is 6.74. The Kier molecular flexibility index (Phi) is 7.68. The minimum absolute atomic E-state index is 0.227. The molecule has 0 aliphatic heterocycles. The van der Waals surface area contributed by atoms with Crippen LogP contribution in [0, 0.1) is 0 Å². The van der Waals surface area contributed by atoms with E-state index in [2.05, 4.69) is 22.4 Å². The van der Waals surface area contributed by atoms with Crippen molar-refractivity contribution in [3.8, 4) is 5.75 Å². The molecule has 1 N–H and O–H groups in total. The van der Waals surface area contributed by atoms with Crippen LogP contribution in [0.2, 0.25) is 0 Å². The molecule has 0 fully saturated rings. The Morgan fingerprint density at radius 3 is 2.67 bits per heavy atom. The number of nitrogens with one attached hydrogen (secondary N) is 1. The molecule has 0 spiro atoms. The van der Waals surface area contributed by atoms with Gasteiger partial charge in [-0.1, -0.05) is 62.5 Å². The first kappa shape index (κ1) is 18.4. The Morgan fingerprint density at radius 1 is 1.12 bits per heavy atom. The number of methoxy groups -OCH3 is 1. The van der Waals surface area contributed by atoms with Gasteiger partial charge in [0.15, 0.2) is 0 Å². The monoisotopic (exact) mass is 347 g/mol. The molecular weight excluding hydrogens is 322 g/mol. The lowest BCUT2D eigenvalue weighted by Gasteiger charge is -2.06. The van der Waals surface area contributed by atoms with Crippen molar-refractivity contribution in [3.05, 3.63) is 34.8 Å². The first-order chi connectivity index (χ1) is 11.7. The number of amides is 1. The maximum absolute atomic E-state index is 12.3. The molecule has 2 aromatic rings. The number of rotatable bonds is 10. The highest BCUT2D eigenvalue weighted by Crippen LogP contribution is 2.22. The van der Waals surface area contributed by atoms with Crippen molar-refractivity contribution in [2.75, 3.05) is 12.4 Å². The molecule has 0 saturated carbocycles. The van der Waals surface area contributed by atoms with Crippen LogP contribution in [0.1, 0.15) is 60.8 Å². The van der Waals surface area contributed by atoms with Crippen LogP contribution in [0.5, 0.6) is 5.75 Å². The molecule has 0 saturated heterocycles. The third kappa shape index (κ3) is 5.60. The third-order valence-electron chi connectivity index (χ3n) is 3.78. The number of carbonyl (C=O) groups excluding carboxylic acids is 1. The normalized spacial score (nSPS) is 10.6. The molecule has 0 unspecified atom stereocenters. The molecule has 0 radical (unpaired) electrons. The maximum Gasteiger partial charge on any atom is 0.261 e. The fourth-order valence-corrected chi connectivity index (χ4v) is 3.23. The second kappa shape index (κ2) is 10.0. The molecular formula is C18H25N3O2S. The summed E-state index contributed by atoms with van der Waals surface area (Å²) in [6, 6.07) is 7.13. The molecule has 0 atom stereocenters. The molecule has 24 heavy (non-hydrogen) atoms. The lowest BCUT2D eigenvalue weighted by atomic mass is 10.1. The van der Waals surface area contributed by atoms with Crippen LogP contribution in [0.3, 0.4) is 0 Å². The summed E-state index contributed by atoms with van der Waals surface area (Å²) >= 11 is 1.44. The van der Waals surface area contributed by atoms with Gasteiger partial charge >= 0.3 is 0 Å². The molecule has 1 heterocycles. The number of nitrogens with zero attached hydrogens (tertiary/aromatic N) is 2. The maximum atomic E-state index is 12.3. The molecule has 1 aromatic carbocycles. The summed E-state index contributed by atoms with van der Waals surface area (Å²) in [7, 11) is 1.55. The Bertz CT molecular complexity index is 643. The van der Waals surface area contributed by atoms with Crippen LogP contribution in [0.25, 0.3) is 0 Å². The smallest absolute Gasteiger partial charge is 0.261 e. The van der Waals surface area contributed by atoms with Crippen LogP contribution in [0.4, 0.5) is 5.13 Å². The lowest BCUT2D eigenvalue weighted by Crippen LogP contribution is -2.12. The number of aromatic nitrogens is 2. The van der Waals surface area contributed by atoms with Gasteiger partial charge in [-0.05, 0) is 18.6 Å². The van der Waals surface area contributed by atoms with Crippen LogP contribution < -0.4 is 10.1 Å². The molecule has 1 amide bonds. The van der Waals surface area contributed by atoms with E-state index in [0.29, 0.717) is 16.4 Å². The molecule has 0 aliphatic rings. The van der Waals surface area contributed by atoms with E-state index in [4.69, 9.17) is 4.74 Å². The summed E-state index contributed by atoms with van der Waals surface area (Å²) in [6.07, 6.45) is 8.45. The number of aryl methyl sites for hydroxylation is 1. The largest absolute Gasteiger partial charge is 0.496 e. The number of benzene rings is 1. The van der Waals surface area contributed by atoms with Crippen molar-refractivity contribution in [1.29, 1.82) is 0 Å². The summed E-state index contributed by atoms with van der Waals surface area (Å²) in [5.41, 5.74) is 0.493. The second-order valence-electron chi connectivity index (χ2n) is 5.67. The van der Waals surface area contributed by atoms with Crippen LogP contribution in [-0.4, -0.2) is 23.2 Å². The Morgan fingerprint density at radius 2 is 1.88 bits per heavy atom. The number of hydrogen-bond acceptors (Lipinski definition) is 5. The lowest BCUT2D eigenvalue weighted by molar-refractivity contribution is 0.102. The summed E-state index contributed by atoms with van der Waals surface area (Å²) in [5, 5.41) is 12.5. The topological polar surface area (TPSA) is 64.1 Å². The summed E-state index contributed by atoms with van der Waals surface area (Å²) in [5.74, 6) is 0.321. The van der Waals surface area contributed by atoms with Gasteiger partial charge < -0.3 is 4.74 Å². The molecule has 1 aromatic heterocycles. The van der Waals surface area contributed by atoms with Crippen molar-refractivity contribution < 1.29 is 9.53 Å². The number of hydrogen-bond donors (Lipinski definition) is 1. The number of para-hydroxylation sites is 1. The predicted octanol–water partition coefficient (Wildman–Crippen LogP) is 4.70. The van der Waals surface area contributed by atoms with Gasteiger partial charge in [0.05, 0.1) is 12.7 Å². The van der Waals surface area contributed by atoms with Gasteiger partial charge in [-0.25, -0.2) is 0 Å². The molecule has 130 valence electrons. The van der Waals surface area contributed by atoms with E-state index >= 15 is 0 Å². The predicted molar refractivity (Wildman–Crippen MR) is 97.9 cm³/mol. The van der Waals surface area contributed by atoms with Crippen molar-refractivity contribution in [1.82, 2.24) is 10.2 Å². The first-order valence-electron chi connectivity index (χ1n) is 8.51. The fourth-order valence-electron chi connectivity index (χ4n) is 2.46. The molecule has 6 heteroatoms. The van der Waals surface area contributed by atoms with Crippen LogP contribution in [-0.2, 0) is 6.42 Å². The van der Waals surface area contributed by atoms with E-state index in [1.807, 2.05) is 12.1 Å². The molecule has 5 nitrogen and oxygen atoms in total.